The lowest BCUT2D eigenvalue weighted by molar-refractivity contribution is 0.354. The highest BCUT2D eigenvalue weighted by Gasteiger charge is 2.25. The Hall–Kier alpha value is -1.03. The van der Waals surface area contributed by atoms with E-state index in [9.17, 15) is 13.2 Å². The number of hydrogen-bond acceptors (Lipinski definition) is 1. The van der Waals surface area contributed by atoms with Gasteiger partial charge in [0.1, 0.15) is 17.5 Å². The maximum absolute atomic E-state index is 13.1. The lowest BCUT2D eigenvalue weighted by atomic mass is 9.97. The van der Waals surface area contributed by atoms with Crippen LogP contribution in [0.25, 0.3) is 0 Å². The third kappa shape index (κ3) is 1.42. The van der Waals surface area contributed by atoms with Crippen molar-refractivity contribution >= 4 is 0 Å². The summed E-state index contributed by atoms with van der Waals surface area (Å²) >= 11 is 0. The Bertz CT molecular complexity index is 311. The normalized spacial score (nSPS) is 21.3. The summed E-state index contributed by atoms with van der Waals surface area (Å²) in [7, 11) is 0. The molecule has 1 unspecified atom stereocenters. The van der Waals surface area contributed by atoms with Crippen LogP contribution >= 0.6 is 0 Å². The quantitative estimate of drug-likeness (QED) is 0.710. The molecule has 0 aromatic heterocycles. The van der Waals surface area contributed by atoms with Crippen LogP contribution in [-0.4, -0.2) is 6.54 Å². The van der Waals surface area contributed by atoms with Crippen LogP contribution < -0.4 is 5.32 Å². The molecule has 1 fully saturated rings. The lowest BCUT2D eigenvalue weighted by Crippen LogP contribution is -2.36. The number of hydrogen-bond donors (Lipinski definition) is 1. The van der Waals surface area contributed by atoms with E-state index in [0.29, 0.717) is 18.6 Å². The molecule has 1 aromatic rings. The first-order chi connectivity index (χ1) is 6.18. The highest BCUT2D eigenvalue weighted by atomic mass is 19.1. The van der Waals surface area contributed by atoms with Crippen LogP contribution in [0.15, 0.2) is 12.1 Å². The van der Waals surface area contributed by atoms with Crippen LogP contribution in [0.3, 0.4) is 0 Å². The summed E-state index contributed by atoms with van der Waals surface area (Å²) in [6.07, 6.45) is 0.694. The van der Waals surface area contributed by atoms with E-state index in [0.717, 1.165) is 6.54 Å². The van der Waals surface area contributed by atoms with Gasteiger partial charge in [-0.25, -0.2) is 13.2 Å². The van der Waals surface area contributed by atoms with Gasteiger partial charge in [-0.15, -0.1) is 0 Å². The Balaban J connectivity index is 2.43. The zero-order chi connectivity index (χ0) is 9.42. The first-order valence-corrected chi connectivity index (χ1v) is 4.06. The minimum Gasteiger partial charge on any atom is -0.310 e. The van der Waals surface area contributed by atoms with Gasteiger partial charge in [0.2, 0.25) is 0 Å². The number of nitrogens with one attached hydrogen (secondary N) is 1. The predicted molar refractivity (Wildman–Crippen MR) is 41.7 cm³/mol. The molecule has 0 spiro atoms. The topological polar surface area (TPSA) is 12.0 Å². The summed E-state index contributed by atoms with van der Waals surface area (Å²) in [5.74, 6) is -2.50. The van der Waals surface area contributed by atoms with Gasteiger partial charge in [0.15, 0.2) is 0 Å². The van der Waals surface area contributed by atoms with Crippen molar-refractivity contribution in [3.05, 3.63) is 35.1 Å². The summed E-state index contributed by atoms with van der Waals surface area (Å²) in [4.78, 5) is 0. The highest BCUT2D eigenvalue weighted by Crippen LogP contribution is 2.28. The average Bonchev–Trinajstić information content (AvgIpc) is 1.92. The zero-order valence-electron chi connectivity index (χ0n) is 6.78. The van der Waals surface area contributed by atoms with Crippen LogP contribution in [0.2, 0.25) is 0 Å². The van der Waals surface area contributed by atoms with Gasteiger partial charge in [0.25, 0.3) is 0 Å². The molecule has 0 bridgehead atoms. The van der Waals surface area contributed by atoms with Gasteiger partial charge in [-0.3, -0.25) is 0 Å². The molecule has 0 aliphatic carbocycles. The second-order valence-electron chi connectivity index (χ2n) is 3.08. The first kappa shape index (κ1) is 8.56. The molecule has 2 rings (SSSR count). The van der Waals surface area contributed by atoms with E-state index in [1.165, 1.54) is 0 Å². The van der Waals surface area contributed by atoms with Gasteiger partial charge in [-0.1, -0.05) is 0 Å². The molecule has 1 aromatic carbocycles. The fourth-order valence-electron chi connectivity index (χ4n) is 1.42. The van der Waals surface area contributed by atoms with E-state index in [4.69, 9.17) is 0 Å². The molecule has 1 nitrogen and oxygen atoms in total. The fourth-order valence-corrected chi connectivity index (χ4v) is 1.42. The van der Waals surface area contributed by atoms with Crippen molar-refractivity contribution in [3.63, 3.8) is 0 Å². The number of rotatable bonds is 1. The molecule has 1 N–H and O–H groups in total. The maximum Gasteiger partial charge on any atom is 0.133 e. The Morgan fingerprint density at radius 3 is 2.08 bits per heavy atom. The van der Waals surface area contributed by atoms with Gasteiger partial charge >= 0.3 is 0 Å². The largest absolute Gasteiger partial charge is 0.310 e. The molecule has 0 radical (unpaired) electrons. The maximum atomic E-state index is 13.1. The van der Waals surface area contributed by atoms with Crippen LogP contribution in [0.1, 0.15) is 18.0 Å². The summed E-state index contributed by atoms with van der Waals surface area (Å²) in [6.45, 7) is 0.751. The second kappa shape index (κ2) is 3.03. The molecule has 1 aliphatic rings. The zero-order valence-corrected chi connectivity index (χ0v) is 6.78. The molecule has 4 heteroatoms. The van der Waals surface area contributed by atoms with Crippen molar-refractivity contribution in [2.75, 3.05) is 6.54 Å². The van der Waals surface area contributed by atoms with Gasteiger partial charge < -0.3 is 5.32 Å². The SMILES string of the molecule is Fc1cc(F)c(C2CCN2)c(F)c1. The molecule has 0 amide bonds. The van der Waals surface area contributed by atoms with Gasteiger partial charge in [0.05, 0.1) is 0 Å². The molecule has 1 saturated heterocycles. The monoisotopic (exact) mass is 187 g/mol. The fraction of sp³-hybridized carbons (Fsp3) is 0.333. The summed E-state index contributed by atoms with van der Waals surface area (Å²) in [5, 5.41) is 2.86. The Kier molecular flexibility index (Phi) is 2.00. The third-order valence-electron chi connectivity index (χ3n) is 2.22. The molecule has 0 saturated carbocycles. The van der Waals surface area contributed by atoms with Gasteiger partial charge in [-0.05, 0) is 13.0 Å². The average molecular weight is 187 g/mol. The first-order valence-electron chi connectivity index (χ1n) is 4.06. The van der Waals surface area contributed by atoms with Crippen LogP contribution in [-0.2, 0) is 0 Å². The Morgan fingerprint density at radius 1 is 1.15 bits per heavy atom. The van der Waals surface area contributed by atoms with Crippen molar-refractivity contribution in [2.24, 2.45) is 0 Å². The molecule has 1 heterocycles. The summed E-state index contributed by atoms with van der Waals surface area (Å²) < 4.78 is 38.6. The lowest BCUT2D eigenvalue weighted by Gasteiger charge is -2.28. The van der Waals surface area contributed by atoms with E-state index >= 15 is 0 Å². The molecule has 13 heavy (non-hydrogen) atoms. The van der Waals surface area contributed by atoms with Crippen LogP contribution in [0, 0.1) is 17.5 Å². The van der Waals surface area contributed by atoms with Crippen LogP contribution in [0.5, 0.6) is 0 Å². The van der Waals surface area contributed by atoms with Gasteiger partial charge in [0, 0.05) is 23.7 Å². The van der Waals surface area contributed by atoms with E-state index < -0.39 is 17.5 Å². The van der Waals surface area contributed by atoms with Gasteiger partial charge in [-0.2, -0.15) is 0 Å². The number of halogens is 3. The predicted octanol–water partition coefficient (Wildman–Crippen LogP) is 2.14. The van der Waals surface area contributed by atoms with Crippen molar-refractivity contribution in [1.82, 2.24) is 5.32 Å². The molecule has 1 aliphatic heterocycles. The van der Waals surface area contributed by atoms with E-state index in [-0.39, 0.29) is 11.6 Å². The Labute approximate surface area is 73.6 Å². The highest BCUT2D eigenvalue weighted by molar-refractivity contribution is 5.25. The molecule has 1 atom stereocenters. The molecular weight excluding hydrogens is 179 g/mol. The second-order valence-corrected chi connectivity index (χ2v) is 3.08. The van der Waals surface area contributed by atoms with E-state index in [1.807, 2.05) is 0 Å². The van der Waals surface area contributed by atoms with Crippen molar-refractivity contribution in [2.45, 2.75) is 12.5 Å². The van der Waals surface area contributed by atoms with Crippen molar-refractivity contribution < 1.29 is 13.2 Å². The minimum atomic E-state index is -0.877. The molecule has 70 valence electrons. The van der Waals surface area contributed by atoms with E-state index in [1.54, 1.807) is 0 Å². The minimum absolute atomic E-state index is 0.0485. The summed E-state index contributed by atoms with van der Waals surface area (Å²) in [6, 6.07) is 1.12. The van der Waals surface area contributed by atoms with Crippen molar-refractivity contribution in [3.8, 4) is 0 Å². The third-order valence-corrected chi connectivity index (χ3v) is 2.22. The standard InChI is InChI=1S/C9H8F3N/c10-5-3-6(11)9(7(12)4-5)8-1-2-13-8/h3-4,8,13H,1-2H2. The Morgan fingerprint density at radius 2 is 1.69 bits per heavy atom. The van der Waals surface area contributed by atoms with Crippen LogP contribution in [0.4, 0.5) is 13.2 Å². The van der Waals surface area contributed by atoms with Crippen molar-refractivity contribution in [1.29, 1.82) is 0 Å². The molecular formula is C9H8F3N. The number of benzene rings is 1. The van der Waals surface area contributed by atoms with E-state index in [2.05, 4.69) is 5.32 Å². The summed E-state index contributed by atoms with van der Waals surface area (Å²) in [5.41, 5.74) is -0.0485. The smallest absolute Gasteiger partial charge is 0.133 e.